The molecule has 0 bridgehead atoms. The van der Waals surface area contributed by atoms with Crippen molar-refractivity contribution in [1.82, 2.24) is 15.8 Å². The van der Waals surface area contributed by atoms with E-state index in [1.54, 1.807) is 20.8 Å². The van der Waals surface area contributed by atoms with Crippen LogP contribution in [-0.2, 0) is 4.74 Å². The third-order valence-corrected chi connectivity index (χ3v) is 4.54. The number of amidine groups is 1. The molecule has 0 saturated carbocycles. The molecule has 1 aromatic rings. The number of aliphatic imine (C=N–C) groups is 1. The van der Waals surface area contributed by atoms with Gasteiger partial charge in [-0.2, -0.15) is 5.26 Å². The number of nitrogens with one attached hydrogen (secondary N) is 2. The smallest absolute Gasteiger partial charge is 0.407 e. The van der Waals surface area contributed by atoms with Gasteiger partial charge in [0.2, 0.25) is 0 Å². The third-order valence-electron chi connectivity index (χ3n) is 4.54. The fourth-order valence-electron chi connectivity index (χ4n) is 3.04. The van der Waals surface area contributed by atoms with Gasteiger partial charge >= 0.3 is 12.1 Å². The zero-order valence-electron chi connectivity index (χ0n) is 22.3. The Kier molecular flexibility index (Phi) is 12.7. The number of ether oxygens (including phenoxy) is 1. The number of nitrogens with two attached hydrogens (primary N) is 1. The van der Waals surface area contributed by atoms with Crippen molar-refractivity contribution in [1.29, 1.82) is 5.26 Å². The molecule has 0 spiro atoms. The molecule has 202 valence electrons. The highest BCUT2D eigenvalue weighted by atomic mass is 19.1. The molecule has 4 N–H and O–H groups in total. The molecule has 0 radical (unpaired) electrons. The predicted octanol–water partition coefficient (Wildman–Crippen LogP) is 4.43. The van der Waals surface area contributed by atoms with Crippen molar-refractivity contribution in [3.05, 3.63) is 54.6 Å². The number of rotatable bonds is 10. The van der Waals surface area contributed by atoms with Gasteiger partial charge in [0.25, 0.3) is 0 Å². The Morgan fingerprint density at radius 3 is 2.46 bits per heavy atom. The molecule has 0 aliphatic carbocycles. The van der Waals surface area contributed by atoms with E-state index >= 15 is 0 Å². The molecule has 0 aliphatic rings. The standard InChI is InChI=1S/C26H38FN7O3/c1-19(2)18-34(23(13-14-28)31-20(3)17-29)32-24(35)33(22-11-9-21(27)10-12-22)16-8-7-15-30-25(36)37-26(4,5)6/h9-14,19H,3,7-8,15-16,18,28H2,1-2,4-6H3,(H,30,36)(H,32,35)/b14-13-,31-23+. The number of urea groups is 1. The number of nitrogens with zero attached hydrogens (tertiary/aromatic N) is 4. The highest BCUT2D eigenvalue weighted by molar-refractivity contribution is 5.97. The van der Waals surface area contributed by atoms with Crippen LogP contribution < -0.4 is 21.4 Å². The minimum atomic E-state index is -0.593. The maximum absolute atomic E-state index is 13.5. The number of anilines is 1. The first-order valence-electron chi connectivity index (χ1n) is 12.0. The first kappa shape index (κ1) is 31.0. The second kappa shape index (κ2) is 15.1. The van der Waals surface area contributed by atoms with Gasteiger partial charge in [-0.3, -0.25) is 9.91 Å². The largest absolute Gasteiger partial charge is 0.444 e. The monoisotopic (exact) mass is 515 g/mol. The number of alkyl carbamates (subject to hydrolysis) is 1. The van der Waals surface area contributed by atoms with Crippen molar-refractivity contribution >= 4 is 23.6 Å². The van der Waals surface area contributed by atoms with Crippen LogP contribution in [0.3, 0.4) is 0 Å². The molecule has 0 aliphatic heterocycles. The minimum Gasteiger partial charge on any atom is -0.444 e. The van der Waals surface area contributed by atoms with Crippen molar-refractivity contribution in [2.45, 2.75) is 53.1 Å². The van der Waals surface area contributed by atoms with Crippen molar-refractivity contribution in [3.63, 3.8) is 0 Å². The molecule has 0 aromatic heterocycles. The van der Waals surface area contributed by atoms with E-state index in [9.17, 15) is 14.0 Å². The Morgan fingerprint density at radius 2 is 1.92 bits per heavy atom. The molecule has 1 rings (SSSR count). The molecular weight excluding hydrogens is 477 g/mol. The first-order valence-corrected chi connectivity index (χ1v) is 12.0. The second-order valence-electron chi connectivity index (χ2n) is 9.57. The average Bonchev–Trinajstić information content (AvgIpc) is 2.79. The summed E-state index contributed by atoms with van der Waals surface area (Å²) >= 11 is 0. The summed E-state index contributed by atoms with van der Waals surface area (Å²) in [7, 11) is 0. The number of hydrogen-bond acceptors (Lipinski definition) is 6. The van der Waals surface area contributed by atoms with Gasteiger partial charge in [-0.15, -0.1) is 0 Å². The number of hydrogen-bond donors (Lipinski definition) is 3. The van der Waals surface area contributed by atoms with Gasteiger partial charge in [0.05, 0.1) is 0 Å². The van der Waals surface area contributed by atoms with Crippen LogP contribution in [0.15, 0.2) is 53.8 Å². The highest BCUT2D eigenvalue weighted by Crippen LogP contribution is 2.17. The number of amides is 3. The van der Waals surface area contributed by atoms with E-state index in [1.807, 2.05) is 19.9 Å². The average molecular weight is 516 g/mol. The van der Waals surface area contributed by atoms with E-state index in [4.69, 9.17) is 15.7 Å². The Morgan fingerprint density at radius 1 is 1.27 bits per heavy atom. The number of nitriles is 1. The molecule has 1 aromatic carbocycles. The van der Waals surface area contributed by atoms with Gasteiger partial charge in [-0.05, 0) is 76.1 Å². The van der Waals surface area contributed by atoms with Gasteiger partial charge in [0.1, 0.15) is 29.0 Å². The van der Waals surface area contributed by atoms with E-state index in [2.05, 4.69) is 22.3 Å². The van der Waals surface area contributed by atoms with E-state index in [0.717, 1.165) is 0 Å². The number of halogens is 1. The first-order chi connectivity index (χ1) is 17.4. The lowest BCUT2D eigenvalue weighted by Gasteiger charge is -2.31. The van der Waals surface area contributed by atoms with Crippen LogP contribution in [0.5, 0.6) is 0 Å². The maximum atomic E-state index is 13.5. The molecule has 0 saturated heterocycles. The third kappa shape index (κ3) is 12.5. The lowest BCUT2D eigenvalue weighted by Crippen LogP contribution is -2.52. The van der Waals surface area contributed by atoms with Gasteiger partial charge in [0, 0.05) is 25.3 Å². The number of benzene rings is 1. The van der Waals surface area contributed by atoms with Gasteiger partial charge in [-0.1, -0.05) is 20.4 Å². The summed E-state index contributed by atoms with van der Waals surface area (Å²) in [5, 5.41) is 13.3. The van der Waals surface area contributed by atoms with Crippen LogP contribution in [0, 0.1) is 23.1 Å². The lowest BCUT2D eigenvalue weighted by atomic mass is 10.2. The summed E-state index contributed by atoms with van der Waals surface area (Å²) in [6, 6.07) is 6.91. The molecule has 11 heteroatoms. The number of carbonyl (C=O) groups is 2. The van der Waals surface area contributed by atoms with Crippen molar-refractivity contribution in [2.75, 3.05) is 24.5 Å². The predicted molar refractivity (Wildman–Crippen MR) is 143 cm³/mol. The Hall–Kier alpha value is -4.07. The number of hydrazine groups is 1. The molecular formula is C26H38FN7O3. The summed E-state index contributed by atoms with van der Waals surface area (Å²) in [4.78, 5) is 30.9. The minimum absolute atomic E-state index is 0.0519. The summed E-state index contributed by atoms with van der Waals surface area (Å²) in [5.41, 5.74) is 8.21. The van der Waals surface area contributed by atoms with Crippen LogP contribution in [0.4, 0.5) is 19.7 Å². The topological polar surface area (TPSA) is 136 Å². The number of allylic oxidation sites excluding steroid dienone is 1. The second-order valence-corrected chi connectivity index (χ2v) is 9.57. The zero-order valence-corrected chi connectivity index (χ0v) is 22.3. The van der Waals surface area contributed by atoms with Gasteiger partial charge in [0.15, 0.2) is 0 Å². The lowest BCUT2D eigenvalue weighted by molar-refractivity contribution is 0.0527. The fourth-order valence-corrected chi connectivity index (χ4v) is 3.04. The van der Waals surface area contributed by atoms with Crippen molar-refractivity contribution in [3.8, 4) is 6.07 Å². The highest BCUT2D eigenvalue weighted by Gasteiger charge is 2.21. The van der Waals surface area contributed by atoms with E-state index in [0.29, 0.717) is 31.6 Å². The van der Waals surface area contributed by atoms with E-state index in [1.165, 1.54) is 46.5 Å². The van der Waals surface area contributed by atoms with E-state index in [-0.39, 0.29) is 24.0 Å². The van der Waals surface area contributed by atoms with Crippen LogP contribution >= 0.6 is 0 Å². The molecule has 3 amide bonds. The molecule has 10 nitrogen and oxygen atoms in total. The maximum Gasteiger partial charge on any atom is 0.407 e. The van der Waals surface area contributed by atoms with Crippen LogP contribution in [-0.4, -0.2) is 48.2 Å². The summed E-state index contributed by atoms with van der Waals surface area (Å²) in [5.74, 6) is -0.0773. The zero-order chi connectivity index (χ0) is 28.0. The molecule has 37 heavy (non-hydrogen) atoms. The van der Waals surface area contributed by atoms with Crippen molar-refractivity contribution < 1.29 is 18.7 Å². The normalized spacial score (nSPS) is 11.7. The van der Waals surface area contributed by atoms with E-state index < -0.39 is 23.5 Å². The summed E-state index contributed by atoms with van der Waals surface area (Å²) in [6.07, 6.45) is 3.31. The molecule has 0 unspecified atom stereocenters. The Bertz CT molecular complexity index is 1010. The Labute approximate surface area is 218 Å². The summed E-state index contributed by atoms with van der Waals surface area (Å²) < 4.78 is 18.8. The van der Waals surface area contributed by atoms with Crippen LogP contribution in [0.1, 0.15) is 47.5 Å². The SMILES string of the molecule is C=C(C#N)/N=C(\C=C/N)N(CC(C)C)NC(=O)N(CCCCNC(=O)OC(C)(C)C)c1ccc(F)cc1. The summed E-state index contributed by atoms with van der Waals surface area (Å²) in [6.45, 7) is 13.8. The van der Waals surface area contributed by atoms with Gasteiger partial charge in [-0.25, -0.2) is 24.4 Å². The van der Waals surface area contributed by atoms with Crippen LogP contribution in [0.25, 0.3) is 0 Å². The quantitative estimate of drug-likeness (QED) is 0.139. The fraction of sp³-hybridized carbons (Fsp3) is 0.462. The number of unbranched alkanes of at least 4 members (excludes halogenated alkanes) is 1. The molecule has 0 atom stereocenters. The van der Waals surface area contributed by atoms with Crippen LogP contribution in [0.2, 0.25) is 0 Å². The van der Waals surface area contributed by atoms with Gasteiger partial charge < -0.3 is 15.8 Å². The number of carbonyl (C=O) groups excluding carboxylic acids is 2. The van der Waals surface area contributed by atoms with Crippen molar-refractivity contribution in [2.24, 2.45) is 16.6 Å². The Balaban J connectivity index is 3.03. The molecule has 0 fully saturated rings. The molecule has 0 heterocycles.